The monoisotopic (exact) mass is 625 g/mol. The van der Waals surface area contributed by atoms with E-state index in [0.29, 0.717) is 53.7 Å². The third kappa shape index (κ3) is 8.56. The molecule has 2 heterocycles. The fourth-order valence-corrected chi connectivity index (χ4v) is 5.25. The van der Waals surface area contributed by atoms with E-state index in [0.717, 1.165) is 5.56 Å². The molecule has 2 aliphatic rings. The Balaban J connectivity index is 0.00000506. The van der Waals surface area contributed by atoms with Gasteiger partial charge >= 0.3 is 35.7 Å². The third-order valence-electron chi connectivity index (χ3n) is 7.46. The van der Waals surface area contributed by atoms with E-state index in [2.05, 4.69) is 16.0 Å². The van der Waals surface area contributed by atoms with E-state index >= 15 is 0 Å². The van der Waals surface area contributed by atoms with Gasteiger partial charge in [0.1, 0.15) is 6.04 Å². The number of hydrogen-bond donors (Lipinski definition) is 3. The number of fused-ring (bicyclic) bond motifs is 1. The first-order chi connectivity index (χ1) is 19.8. The van der Waals surface area contributed by atoms with Gasteiger partial charge in [-0.3, -0.25) is 14.4 Å². The van der Waals surface area contributed by atoms with Gasteiger partial charge in [0.05, 0.1) is 11.7 Å². The minimum atomic E-state index is -4.73. The molecule has 3 unspecified atom stereocenters. The van der Waals surface area contributed by atoms with Gasteiger partial charge in [-0.1, -0.05) is 49.2 Å². The van der Waals surface area contributed by atoms with Gasteiger partial charge in [-0.05, 0) is 61.1 Å². The molecular formula is C30H32ClF3N5NaO3. The van der Waals surface area contributed by atoms with E-state index in [9.17, 15) is 27.6 Å². The average molecular weight is 626 g/mol. The maximum absolute atomic E-state index is 13.6. The van der Waals surface area contributed by atoms with Crippen molar-refractivity contribution in [2.24, 2.45) is 11.7 Å². The van der Waals surface area contributed by atoms with Crippen LogP contribution in [0.1, 0.15) is 56.7 Å². The van der Waals surface area contributed by atoms with Crippen molar-refractivity contribution in [3.8, 4) is 0 Å². The summed E-state index contributed by atoms with van der Waals surface area (Å²) in [7, 11) is 0. The number of nitrogens with two attached hydrogens (primary N) is 1. The third-order valence-corrected chi connectivity index (χ3v) is 7.70. The number of nitrogens with zero attached hydrogens (tertiary/aromatic N) is 2. The molecule has 0 bridgehead atoms. The summed E-state index contributed by atoms with van der Waals surface area (Å²) in [5, 5.41) is 10.2. The molecule has 224 valence electrons. The quantitative estimate of drug-likeness (QED) is 0.452. The van der Waals surface area contributed by atoms with Crippen LogP contribution in [0.3, 0.4) is 0 Å². The molecule has 0 fully saturated rings. The van der Waals surface area contributed by atoms with Gasteiger partial charge in [0.2, 0.25) is 17.7 Å². The maximum Gasteiger partial charge on any atom is 1.00 e. The van der Waals surface area contributed by atoms with Crippen LogP contribution < -0.4 is 45.9 Å². The van der Waals surface area contributed by atoms with E-state index in [1.54, 1.807) is 6.07 Å². The molecule has 0 aromatic heterocycles. The Kier molecular flexibility index (Phi) is 11.8. The Morgan fingerprint density at radius 2 is 1.81 bits per heavy atom. The van der Waals surface area contributed by atoms with Crippen LogP contribution in [0, 0.1) is 5.92 Å². The van der Waals surface area contributed by atoms with Crippen molar-refractivity contribution in [1.82, 2.24) is 10.2 Å². The maximum atomic E-state index is 13.6. The number of halogens is 4. The number of carbonyl (C=O) groups is 3. The van der Waals surface area contributed by atoms with E-state index in [4.69, 9.17) is 17.3 Å². The number of benzene rings is 2. The predicted octanol–water partition coefficient (Wildman–Crippen LogP) is 3.33. The molecule has 43 heavy (non-hydrogen) atoms. The van der Waals surface area contributed by atoms with Crippen LogP contribution in [0.2, 0.25) is 5.02 Å². The molecule has 4 N–H and O–H groups in total. The molecule has 0 spiro atoms. The summed E-state index contributed by atoms with van der Waals surface area (Å²) in [4.78, 5) is 41.3. The summed E-state index contributed by atoms with van der Waals surface area (Å²) >= 11 is 6.17. The van der Waals surface area contributed by atoms with Crippen LogP contribution in [-0.2, 0) is 14.4 Å². The number of alkyl halides is 3. The van der Waals surface area contributed by atoms with Crippen LogP contribution in [-0.4, -0.2) is 41.4 Å². The fourth-order valence-electron chi connectivity index (χ4n) is 5.08. The Morgan fingerprint density at radius 1 is 1.09 bits per heavy atom. The molecule has 0 radical (unpaired) electrons. The summed E-state index contributed by atoms with van der Waals surface area (Å²) < 4.78 is 38.6. The summed E-state index contributed by atoms with van der Waals surface area (Å²) in [5.41, 5.74) is 6.19. The minimum Gasteiger partial charge on any atom is -0.662 e. The molecule has 2 aromatic carbocycles. The Morgan fingerprint density at radius 3 is 2.51 bits per heavy atom. The molecule has 3 amide bonds. The van der Waals surface area contributed by atoms with E-state index in [-0.39, 0.29) is 59.5 Å². The molecule has 8 nitrogen and oxygen atoms in total. The number of nitrogens with one attached hydrogen (secondary N) is 2. The van der Waals surface area contributed by atoms with Crippen molar-refractivity contribution in [2.75, 3.05) is 11.9 Å². The molecular weight excluding hydrogens is 594 g/mol. The van der Waals surface area contributed by atoms with Crippen molar-refractivity contribution in [1.29, 1.82) is 0 Å². The van der Waals surface area contributed by atoms with Crippen LogP contribution in [0.15, 0.2) is 60.4 Å². The molecule has 2 aromatic rings. The van der Waals surface area contributed by atoms with Crippen molar-refractivity contribution in [3.63, 3.8) is 0 Å². The Hall–Kier alpha value is -2.99. The smallest absolute Gasteiger partial charge is 0.662 e. The first-order valence-corrected chi connectivity index (χ1v) is 14.0. The molecule has 0 saturated heterocycles. The largest absolute Gasteiger partial charge is 1.00 e. The van der Waals surface area contributed by atoms with Gasteiger partial charge in [0.15, 0.2) is 0 Å². The summed E-state index contributed by atoms with van der Waals surface area (Å²) in [5.74, 6) is -1.15. The van der Waals surface area contributed by atoms with Gasteiger partial charge in [-0.2, -0.15) is 13.2 Å². The van der Waals surface area contributed by atoms with Gasteiger partial charge in [0.25, 0.3) is 0 Å². The Bertz CT molecular complexity index is 1430. The fraction of sp³-hybridized carbons (Fsp3) is 0.367. The van der Waals surface area contributed by atoms with E-state index in [1.807, 2.05) is 32.0 Å². The van der Waals surface area contributed by atoms with Gasteiger partial charge < -0.3 is 26.6 Å². The van der Waals surface area contributed by atoms with Gasteiger partial charge in [-0.25, -0.2) is 0 Å². The van der Waals surface area contributed by atoms with Crippen molar-refractivity contribution >= 4 is 46.3 Å². The topological polar surface area (TPSA) is 119 Å². The van der Waals surface area contributed by atoms with E-state index < -0.39 is 29.9 Å². The molecule has 13 heteroatoms. The minimum absolute atomic E-state index is 0. The molecule has 4 rings (SSSR count). The molecule has 0 saturated carbocycles. The van der Waals surface area contributed by atoms with Crippen LogP contribution in [0.4, 0.5) is 24.5 Å². The van der Waals surface area contributed by atoms with Crippen LogP contribution in [0.25, 0.3) is 10.9 Å². The SMILES string of the molecule is CC1CCCC(N2CCC(c3cc(Cl)ccc3[N-]/C=C(\N)C(F)(F)F)=CC2=O)C(=O)NC(C)c2ccccc2NC1=O.[Na+]. The predicted molar refractivity (Wildman–Crippen MR) is 156 cm³/mol. The van der Waals surface area contributed by atoms with Crippen LogP contribution >= 0.6 is 11.6 Å². The normalized spacial score (nSPS) is 22.1. The number of rotatable bonds is 4. The zero-order valence-corrected chi connectivity index (χ0v) is 26.9. The second-order valence-electron chi connectivity index (χ2n) is 10.5. The molecule has 0 aliphatic carbocycles. The molecule has 2 aliphatic heterocycles. The number of hydrogen-bond acceptors (Lipinski definition) is 4. The summed E-state index contributed by atoms with van der Waals surface area (Å²) in [6, 6.07) is 10.5. The number of carbonyl (C=O) groups excluding carboxylic acids is 3. The van der Waals surface area contributed by atoms with Gasteiger partial charge in [0, 0.05) is 29.2 Å². The second-order valence-corrected chi connectivity index (χ2v) is 10.9. The van der Waals surface area contributed by atoms with Crippen molar-refractivity contribution < 1.29 is 57.1 Å². The van der Waals surface area contributed by atoms with Crippen molar-refractivity contribution in [2.45, 2.75) is 57.8 Å². The van der Waals surface area contributed by atoms with E-state index in [1.165, 1.54) is 29.2 Å². The number of para-hydroxylation sites is 1. The van der Waals surface area contributed by atoms with Crippen molar-refractivity contribution in [3.05, 3.63) is 81.9 Å². The number of allylic oxidation sites excluding steroid dienone is 1. The van der Waals surface area contributed by atoms with Crippen LogP contribution in [0.5, 0.6) is 0 Å². The average Bonchev–Trinajstić information content (AvgIpc) is 2.93. The summed E-state index contributed by atoms with van der Waals surface area (Å²) in [6.07, 6.45) is -1.11. The number of anilines is 1. The molecule has 3 atom stereocenters. The summed E-state index contributed by atoms with van der Waals surface area (Å²) in [6.45, 7) is 3.83. The first-order valence-electron chi connectivity index (χ1n) is 13.6. The second kappa shape index (κ2) is 14.7. The first kappa shape index (κ1) is 34.5. The standard InChI is InChI=1S/C30H33ClF3N5O3.Na/c1-17-6-5-9-25(29(42)37-18(2)21-7-3-4-8-24(21)38-28(17)41)39-13-12-19(14-27(39)40)22-15-20(31)10-11-23(22)36-16-26(35)30(32,33)34;/h3-4,7-8,10-11,14-18,25H,5-6,9,12-13,35H2,1-2H3,(H3,36,37,38,40,41,42);/q;+1/p-1/b26-16-;. The van der Waals surface area contributed by atoms with Gasteiger partial charge in [-0.15, -0.1) is 11.9 Å². The zero-order chi connectivity index (χ0) is 30.6. The Labute approximate surface area is 275 Å². The number of amides is 3. The zero-order valence-electron chi connectivity index (χ0n) is 24.2.